The third-order valence-corrected chi connectivity index (χ3v) is 3.18. The van der Waals surface area contributed by atoms with E-state index in [0.29, 0.717) is 0 Å². The standard InChI is InChI=1S/C8H17NS/c1-7(2)4-8-5-10-6-9(8)3/h7-8H,4-6H2,1-3H3/t8-/m1/s1. The van der Waals surface area contributed by atoms with Gasteiger partial charge in [0.25, 0.3) is 0 Å². The summed E-state index contributed by atoms with van der Waals surface area (Å²) in [7, 11) is 2.23. The molecule has 1 rings (SSSR count). The van der Waals surface area contributed by atoms with Crippen LogP contribution in [0.2, 0.25) is 0 Å². The summed E-state index contributed by atoms with van der Waals surface area (Å²) in [5.41, 5.74) is 0. The van der Waals surface area contributed by atoms with Crippen LogP contribution < -0.4 is 0 Å². The molecule has 1 fully saturated rings. The molecule has 0 N–H and O–H groups in total. The van der Waals surface area contributed by atoms with Crippen molar-refractivity contribution in [2.75, 3.05) is 18.7 Å². The monoisotopic (exact) mass is 159 g/mol. The molecule has 1 nitrogen and oxygen atoms in total. The lowest BCUT2D eigenvalue weighted by Gasteiger charge is -2.19. The van der Waals surface area contributed by atoms with E-state index in [2.05, 4.69) is 37.6 Å². The minimum absolute atomic E-state index is 0.852. The average molecular weight is 159 g/mol. The van der Waals surface area contributed by atoms with Gasteiger partial charge < -0.3 is 0 Å². The zero-order valence-corrected chi connectivity index (χ0v) is 7.95. The fourth-order valence-corrected chi connectivity index (χ4v) is 2.62. The lowest BCUT2D eigenvalue weighted by molar-refractivity contribution is 0.283. The summed E-state index contributed by atoms with van der Waals surface area (Å²) in [4.78, 5) is 2.46. The predicted molar refractivity (Wildman–Crippen MR) is 48.3 cm³/mol. The molecule has 0 bridgehead atoms. The average Bonchev–Trinajstić information content (AvgIpc) is 2.15. The molecule has 10 heavy (non-hydrogen) atoms. The highest BCUT2D eigenvalue weighted by Crippen LogP contribution is 2.23. The van der Waals surface area contributed by atoms with E-state index in [4.69, 9.17) is 0 Å². The summed E-state index contributed by atoms with van der Waals surface area (Å²) in [5.74, 6) is 3.43. The largest absolute Gasteiger partial charge is 0.293 e. The van der Waals surface area contributed by atoms with Crippen molar-refractivity contribution in [3.63, 3.8) is 0 Å². The molecule has 60 valence electrons. The third-order valence-electron chi connectivity index (χ3n) is 1.97. The molecule has 2 heteroatoms. The fourth-order valence-electron chi connectivity index (χ4n) is 1.36. The lowest BCUT2D eigenvalue weighted by atomic mass is 10.0. The van der Waals surface area contributed by atoms with Crippen molar-refractivity contribution in [2.45, 2.75) is 26.3 Å². The predicted octanol–water partition coefficient (Wildman–Crippen LogP) is 2.04. The van der Waals surface area contributed by atoms with Gasteiger partial charge in [-0.3, -0.25) is 4.90 Å². The van der Waals surface area contributed by atoms with Gasteiger partial charge in [-0.25, -0.2) is 0 Å². The van der Waals surface area contributed by atoms with Crippen LogP contribution in [0.3, 0.4) is 0 Å². The molecule has 1 atom stereocenters. The highest BCUT2D eigenvalue weighted by molar-refractivity contribution is 7.99. The second-order valence-electron chi connectivity index (χ2n) is 3.54. The SMILES string of the molecule is CC(C)C[C@@H]1CSCN1C. The van der Waals surface area contributed by atoms with Crippen LogP contribution in [-0.2, 0) is 0 Å². The second-order valence-corrected chi connectivity index (χ2v) is 4.54. The zero-order chi connectivity index (χ0) is 7.56. The first kappa shape index (κ1) is 8.41. The van der Waals surface area contributed by atoms with Gasteiger partial charge in [0.05, 0.1) is 0 Å². The van der Waals surface area contributed by atoms with E-state index in [1.165, 1.54) is 18.1 Å². The summed E-state index contributed by atoms with van der Waals surface area (Å²) in [5, 5.41) is 0. The highest BCUT2D eigenvalue weighted by atomic mass is 32.2. The molecule has 0 amide bonds. The number of hydrogen-bond acceptors (Lipinski definition) is 2. The van der Waals surface area contributed by atoms with Crippen molar-refractivity contribution in [2.24, 2.45) is 5.92 Å². The number of hydrogen-bond donors (Lipinski definition) is 0. The van der Waals surface area contributed by atoms with Gasteiger partial charge in [0.2, 0.25) is 0 Å². The molecule has 1 saturated heterocycles. The Kier molecular flexibility index (Phi) is 3.05. The van der Waals surface area contributed by atoms with Crippen molar-refractivity contribution in [3.8, 4) is 0 Å². The Balaban J connectivity index is 2.26. The van der Waals surface area contributed by atoms with E-state index >= 15 is 0 Å². The molecule has 1 aliphatic rings. The van der Waals surface area contributed by atoms with Crippen molar-refractivity contribution >= 4 is 11.8 Å². The van der Waals surface area contributed by atoms with Crippen molar-refractivity contribution in [3.05, 3.63) is 0 Å². The first-order chi connectivity index (χ1) is 4.70. The quantitative estimate of drug-likeness (QED) is 0.606. The summed E-state index contributed by atoms with van der Waals surface area (Å²) in [6, 6.07) is 0.852. The van der Waals surface area contributed by atoms with Crippen LogP contribution in [0, 0.1) is 5.92 Å². The Labute approximate surface area is 68.2 Å². The first-order valence-corrected chi connectivity index (χ1v) is 5.13. The van der Waals surface area contributed by atoms with E-state index in [0.717, 1.165) is 12.0 Å². The Morgan fingerprint density at radius 1 is 1.60 bits per heavy atom. The van der Waals surface area contributed by atoms with Gasteiger partial charge in [0.15, 0.2) is 0 Å². The van der Waals surface area contributed by atoms with E-state index in [-0.39, 0.29) is 0 Å². The molecule has 0 aromatic heterocycles. The van der Waals surface area contributed by atoms with Crippen LogP contribution in [0.1, 0.15) is 20.3 Å². The topological polar surface area (TPSA) is 3.24 Å². The van der Waals surface area contributed by atoms with Gasteiger partial charge in [-0.2, -0.15) is 0 Å². The third kappa shape index (κ3) is 2.17. The molecule has 1 heterocycles. The minimum Gasteiger partial charge on any atom is -0.293 e. The van der Waals surface area contributed by atoms with Crippen LogP contribution >= 0.6 is 11.8 Å². The van der Waals surface area contributed by atoms with Crippen LogP contribution in [0.25, 0.3) is 0 Å². The molecule has 0 saturated carbocycles. The highest BCUT2D eigenvalue weighted by Gasteiger charge is 2.21. The maximum atomic E-state index is 2.46. The van der Waals surface area contributed by atoms with E-state index in [1.54, 1.807) is 0 Å². The van der Waals surface area contributed by atoms with Gasteiger partial charge in [0, 0.05) is 17.7 Å². The number of thioether (sulfide) groups is 1. The smallest absolute Gasteiger partial charge is 0.0445 e. The summed E-state index contributed by atoms with van der Waals surface area (Å²) in [6.45, 7) is 4.60. The lowest BCUT2D eigenvalue weighted by Crippen LogP contribution is -2.27. The molecule has 0 aromatic carbocycles. The van der Waals surface area contributed by atoms with Gasteiger partial charge in [-0.15, -0.1) is 11.8 Å². The Morgan fingerprint density at radius 3 is 2.70 bits per heavy atom. The Morgan fingerprint density at radius 2 is 2.30 bits per heavy atom. The molecule has 0 aliphatic carbocycles. The second kappa shape index (κ2) is 3.63. The zero-order valence-electron chi connectivity index (χ0n) is 7.13. The van der Waals surface area contributed by atoms with Gasteiger partial charge in [0.1, 0.15) is 0 Å². The molecule has 0 spiro atoms. The number of rotatable bonds is 2. The Hall–Kier alpha value is 0.310. The van der Waals surface area contributed by atoms with E-state index < -0.39 is 0 Å². The molecule has 0 unspecified atom stereocenters. The summed E-state index contributed by atoms with van der Waals surface area (Å²) >= 11 is 2.06. The summed E-state index contributed by atoms with van der Waals surface area (Å²) < 4.78 is 0. The molecular weight excluding hydrogens is 142 g/mol. The normalized spacial score (nSPS) is 28.2. The molecular formula is C8H17NS. The fraction of sp³-hybridized carbons (Fsp3) is 1.00. The first-order valence-electron chi connectivity index (χ1n) is 3.98. The maximum absolute atomic E-state index is 2.46. The summed E-state index contributed by atoms with van der Waals surface area (Å²) in [6.07, 6.45) is 1.36. The van der Waals surface area contributed by atoms with Crippen molar-refractivity contribution in [1.29, 1.82) is 0 Å². The number of nitrogens with zero attached hydrogens (tertiary/aromatic N) is 1. The van der Waals surface area contributed by atoms with Crippen LogP contribution in [-0.4, -0.2) is 29.6 Å². The van der Waals surface area contributed by atoms with Crippen LogP contribution in [0.5, 0.6) is 0 Å². The van der Waals surface area contributed by atoms with Crippen LogP contribution in [0.15, 0.2) is 0 Å². The molecule has 0 radical (unpaired) electrons. The van der Waals surface area contributed by atoms with Crippen molar-refractivity contribution in [1.82, 2.24) is 4.90 Å². The van der Waals surface area contributed by atoms with Crippen LogP contribution in [0.4, 0.5) is 0 Å². The molecule has 1 aliphatic heterocycles. The maximum Gasteiger partial charge on any atom is 0.0445 e. The van der Waals surface area contributed by atoms with Crippen molar-refractivity contribution < 1.29 is 0 Å². The van der Waals surface area contributed by atoms with E-state index in [9.17, 15) is 0 Å². The van der Waals surface area contributed by atoms with Gasteiger partial charge in [-0.05, 0) is 19.4 Å². The van der Waals surface area contributed by atoms with Gasteiger partial charge in [-0.1, -0.05) is 13.8 Å². The van der Waals surface area contributed by atoms with E-state index in [1.807, 2.05) is 0 Å². The molecule has 0 aromatic rings. The minimum atomic E-state index is 0.852. The Bertz CT molecular complexity index is 103. The van der Waals surface area contributed by atoms with Gasteiger partial charge >= 0.3 is 0 Å².